The summed E-state index contributed by atoms with van der Waals surface area (Å²) in [5.41, 5.74) is 12.4. The molecule has 3 N–H and O–H groups in total. The number of carbonyl (C=O) groups excluding carboxylic acids is 2. The van der Waals surface area contributed by atoms with Crippen LogP contribution in [-0.4, -0.2) is 108 Å². The van der Waals surface area contributed by atoms with E-state index in [1.165, 1.54) is 28.6 Å². The van der Waals surface area contributed by atoms with Gasteiger partial charge in [-0.2, -0.15) is 0 Å². The highest BCUT2D eigenvalue weighted by Crippen LogP contribution is 2.43. The summed E-state index contributed by atoms with van der Waals surface area (Å²) in [7, 11) is 0. The molecule has 0 spiro atoms. The van der Waals surface area contributed by atoms with Gasteiger partial charge in [-0.05, 0) is 73.1 Å². The molecule has 1 aliphatic carbocycles. The Morgan fingerprint density at radius 2 is 1.85 bits per heavy atom. The Kier molecular flexibility index (Phi) is 10.7. The number of aromatic nitrogens is 2. The molecule has 3 fully saturated rings. The molecule has 324 valence electrons. The van der Waals surface area contributed by atoms with Crippen molar-refractivity contribution < 1.29 is 18.7 Å². The van der Waals surface area contributed by atoms with E-state index >= 15 is 4.39 Å². The number of benzene rings is 2. The van der Waals surface area contributed by atoms with Crippen LogP contribution in [0.25, 0.3) is 0 Å². The summed E-state index contributed by atoms with van der Waals surface area (Å²) in [5, 5.41) is 9.37. The summed E-state index contributed by atoms with van der Waals surface area (Å²) in [6, 6.07) is 11.6. The van der Waals surface area contributed by atoms with Gasteiger partial charge in [0.15, 0.2) is 0 Å². The zero-order valence-corrected chi connectivity index (χ0v) is 35.9. The van der Waals surface area contributed by atoms with E-state index in [2.05, 4.69) is 85.7 Å². The van der Waals surface area contributed by atoms with Gasteiger partial charge in [-0.3, -0.25) is 19.8 Å². The quantitative estimate of drug-likeness (QED) is 0.236. The molecule has 3 saturated heterocycles. The number of carbonyl (C=O) groups is 2. The normalized spacial score (nSPS) is 23.2. The van der Waals surface area contributed by atoms with Gasteiger partial charge in [0, 0.05) is 130 Å². The highest BCUT2D eigenvalue weighted by molar-refractivity contribution is 6.02. The van der Waals surface area contributed by atoms with Crippen molar-refractivity contribution in [3.05, 3.63) is 118 Å². The van der Waals surface area contributed by atoms with Gasteiger partial charge in [0.25, 0.3) is 0 Å². The topological polar surface area (TPSA) is 121 Å². The largest absolute Gasteiger partial charge is 0.494 e. The third kappa shape index (κ3) is 7.67. The number of hydrogen-bond donors (Lipinski definition) is 3. The van der Waals surface area contributed by atoms with E-state index in [1.807, 2.05) is 23.2 Å². The number of nitrogens with one attached hydrogen (secondary N) is 3. The average Bonchev–Trinajstić information content (AvgIpc) is 3.52. The minimum absolute atomic E-state index is 0.210. The maximum absolute atomic E-state index is 15.7. The molecule has 0 radical (unpaired) electrons. The van der Waals surface area contributed by atoms with Crippen LogP contribution in [0.4, 0.5) is 27.4 Å². The summed E-state index contributed by atoms with van der Waals surface area (Å²) in [5.74, 6) is 1.31. The lowest BCUT2D eigenvalue weighted by Gasteiger charge is -2.50. The maximum Gasteiger partial charge on any atom is 0.249 e. The van der Waals surface area contributed by atoms with Gasteiger partial charge < -0.3 is 35.0 Å². The second kappa shape index (κ2) is 16.4. The number of imide groups is 1. The lowest BCUT2D eigenvalue weighted by atomic mass is 9.99. The van der Waals surface area contributed by atoms with Crippen LogP contribution in [0.15, 0.2) is 89.9 Å². The second-order valence-corrected chi connectivity index (χ2v) is 18.1. The van der Waals surface area contributed by atoms with E-state index in [-0.39, 0.29) is 17.6 Å². The minimum atomic E-state index is -0.408. The van der Waals surface area contributed by atoms with Crippen molar-refractivity contribution in [2.24, 2.45) is 5.92 Å². The third-order valence-electron chi connectivity index (χ3n) is 14.0. The molecular formula is C48H57FN10O3. The monoisotopic (exact) mass is 840 g/mol. The van der Waals surface area contributed by atoms with E-state index in [9.17, 15) is 9.59 Å². The molecule has 2 aromatic carbocycles. The Balaban J connectivity index is 0.715. The first kappa shape index (κ1) is 40.2. The fourth-order valence-electron chi connectivity index (χ4n) is 10.6. The lowest BCUT2D eigenvalue weighted by Crippen LogP contribution is -2.63. The molecule has 7 heterocycles. The molecule has 3 aromatic rings. The van der Waals surface area contributed by atoms with Gasteiger partial charge in [0.05, 0.1) is 17.9 Å². The number of halogens is 1. The fraction of sp³-hybridized carbons (Fsp3) is 0.458. The van der Waals surface area contributed by atoms with Crippen LogP contribution in [0, 0.1) is 11.7 Å². The number of hydrogen-bond acceptors (Lipinski definition) is 12. The maximum atomic E-state index is 15.7. The summed E-state index contributed by atoms with van der Waals surface area (Å²) >= 11 is 0. The zero-order chi connectivity index (χ0) is 42.6. The first-order chi connectivity index (χ1) is 30.1. The number of nitrogens with zero attached hydrogens (tertiary/aromatic N) is 7. The van der Waals surface area contributed by atoms with Gasteiger partial charge in [0.2, 0.25) is 17.8 Å². The van der Waals surface area contributed by atoms with E-state index in [4.69, 9.17) is 9.72 Å². The lowest BCUT2D eigenvalue weighted by molar-refractivity contribution is -0.134. The molecule has 1 aromatic heterocycles. The van der Waals surface area contributed by atoms with Crippen molar-refractivity contribution in [2.75, 3.05) is 74.1 Å². The predicted molar refractivity (Wildman–Crippen MR) is 238 cm³/mol. The van der Waals surface area contributed by atoms with Gasteiger partial charge in [-0.15, -0.1) is 0 Å². The van der Waals surface area contributed by atoms with Crippen molar-refractivity contribution in [3.8, 4) is 0 Å². The van der Waals surface area contributed by atoms with Crippen molar-refractivity contribution in [3.63, 3.8) is 0 Å². The smallest absolute Gasteiger partial charge is 0.249 e. The number of rotatable bonds is 9. The number of piperazine rings is 1. The highest BCUT2D eigenvalue weighted by atomic mass is 19.1. The van der Waals surface area contributed by atoms with Crippen molar-refractivity contribution in [1.82, 2.24) is 35.3 Å². The zero-order valence-electron chi connectivity index (χ0n) is 35.9. The second-order valence-electron chi connectivity index (χ2n) is 18.1. The van der Waals surface area contributed by atoms with Gasteiger partial charge in [-0.1, -0.05) is 32.2 Å². The van der Waals surface area contributed by atoms with E-state index in [1.54, 1.807) is 0 Å². The molecule has 62 heavy (non-hydrogen) atoms. The molecule has 6 aliphatic heterocycles. The number of fused-ring (bicyclic) bond motifs is 2. The summed E-state index contributed by atoms with van der Waals surface area (Å²) in [6.07, 6.45) is 6.71. The molecule has 13 nitrogen and oxygen atoms in total. The summed E-state index contributed by atoms with van der Waals surface area (Å²) in [6.45, 7) is 21.8. The standard InChI is InChI=1S/C48H57FN10O3/c1-29-20-43(32(4)46-44(21-29)62-19-13-50-46)57-14-12-34-25-51-48(53-39(34)28-57)52-35-9-8-33(38(49)24-35)22-30(2)55-15-17-56(18-16-55)36-26-58(27-36)40-6-5-7-41-37(40)23-31(3)59(41)42-10-11-45(60)54-47(42)61/h5-9,24-25,29,36,42,50H,2-3,10-23,26-28H2,1,4H3,(H,51,52,53)(H,54,60,61). The molecule has 2 unspecified atom stereocenters. The first-order valence-corrected chi connectivity index (χ1v) is 22.4. The van der Waals surface area contributed by atoms with Crippen LogP contribution in [0.5, 0.6) is 0 Å². The molecule has 7 aliphatic rings. The molecular weight excluding hydrogens is 784 g/mol. The number of ether oxygens (including phenoxy) is 1. The third-order valence-corrected chi connectivity index (χ3v) is 14.0. The van der Waals surface area contributed by atoms with Crippen LogP contribution in [0.3, 0.4) is 0 Å². The summed E-state index contributed by atoms with van der Waals surface area (Å²) in [4.78, 5) is 45.9. The van der Waals surface area contributed by atoms with Crippen LogP contribution in [0.1, 0.15) is 61.9 Å². The van der Waals surface area contributed by atoms with Crippen LogP contribution in [-0.2, 0) is 40.1 Å². The Hall–Kier alpha value is -5.89. The van der Waals surface area contributed by atoms with Crippen LogP contribution < -0.4 is 25.8 Å². The molecule has 2 amide bonds. The van der Waals surface area contributed by atoms with Crippen molar-refractivity contribution in [2.45, 2.75) is 77.4 Å². The Labute approximate surface area is 363 Å². The molecule has 2 atom stereocenters. The van der Waals surface area contributed by atoms with Gasteiger partial charge in [-0.25, -0.2) is 14.4 Å². The Morgan fingerprint density at radius 1 is 1.03 bits per heavy atom. The first-order valence-electron chi connectivity index (χ1n) is 22.4. The number of allylic oxidation sites excluding steroid dienone is 5. The Bertz CT molecular complexity index is 2400. The van der Waals surface area contributed by atoms with Gasteiger partial charge in [0.1, 0.15) is 24.2 Å². The van der Waals surface area contributed by atoms with Crippen molar-refractivity contribution in [1.29, 1.82) is 0 Å². The van der Waals surface area contributed by atoms with E-state index < -0.39 is 6.04 Å². The molecule has 0 saturated carbocycles. The SMILES string of the molecule is C=C(Cc1ccc(Nc2ncc3c(n2)CN(C2=C(C)C4=C(CC(C)C2)OCCN4)CC3)cc1F)N1CCN(C2CN(c3cccc4c3CC(=C)N4C3CCC(=O)NC3=O)C2)CC1. The van der Waals surface area contributed by atoms with Crippen molar-refractivity contribution >= 4 is 34.8 Å². The van der Waals surface area contributed by atoms with E-state index in [0.717, 1.165) is 111 Å². The van der Waals surface area contributed by atoms with Gasteiger partial charge >= 0.3 is 0 Å². The fourth-order valence-corrected chi connectivity index (χ4v) is 10.6. The average molecular weight is 841 g/mol. The molecule has 0 bridgehead atoms. The highest BCUT2D eigenvalue weighted by Gasteiger charge is 2.40. The van der Waals surface area contributed by atoms with Crippen LogP contribution >= 0.6 is 0 Å². The van der Waals surface area contributed by atoms with Crippen LogP contribution in [0.2, 0.25) is 0 Å². The molecule has 10 rings (SSSR count). The number of piperidine rings is 1. The minimum Gasteiger partial charge on any atom is -0.494 e. The predicted octanol–water partition coefficient (Wildman–Crippen LogP) is 5.50. The molecule has 14 heteroatoms. The Morgan fingerprint density at radius 3 is 2.66 bits per heavy atom. The number of anilines is 4. The number of amides is 2. The van der Waals surface area contributed by atoms with E-state index in [0.29, 0.717) is 68.0 Å². The summed E-state index contributed by atoms with van der Waals surface area (Å²) < 4.78 is 21.7.